The molecule has 2 rings (SSSR count). The van der Waals surface area contributed by atoms with E-state index in [1.807, 2.05) is 13.0 Å². The summed E-state index contributed by atoms with van der Waals surface area (Å²) in [5.41, 5.74) is 1.21. The Morgan fingerprint density at radius 1 is 1.19 bits per heavy atom. The van der Waals surface area contributed by atoms with Crippen LogP contribution in [0.4, 0.5) is 0 Å². The summed E-state index contributed by atoms with van der Waals surface area (Å²) < 4.78 is 16.9. The molecule has 1 N–H and O–H groups in total. The van der Waals surface area contributed by atoms with Gasteiger partial charge in [0.2, 0.25) is 0 Å². The minimum Gasteiger partial charge on any atom is -0.490 e. The molecule has 0 saturated carbocycles. The molecule has 0 bridgehead atoms. The van der Waals surface area contributed by atoms with Crippen molar-refractivity contribution in [2.24, 2.45) is 5.92 Å². The van der Waals surface area contributed by atoms with Gasteiger partial charge in [0, 0.05) is 25.6 Å². The van der Waals surface area contributed by atoms with Crippen LogP contribution in [0.15, 0.2) is 18.2 Å². The van der Waals surface area contributed by atoms with Crippen LogP contribution < -0.4 is 14.8 Å². The lowest BCUT2D eigenvalue weighted by Gasteiger charge is -2.22. The predicted octanol–water partition coefficient (Wildman–Crippen LogP) is 3.00. The number of ether oxygens (including phenoxy) is 3. The Morgan fingerprint density at radius 2 is 1.95 bits per heavy atom. The first-order valence-corrected chi connectivity index (χ1v) is 7.90. The van der Waals surface area contributed by atoms with Crippen molar-refractivity contribution in [1.29, 1.82) is 0 Å². The van der Waals surface area contributed by atoms with Gasteiger partial charge in [0.25, 0.3) is 0 Å². The molecule has 0 aromatic heterocycles. The van der Waals surface area contributed by atoms with Crippen LogP contribution >= 0.6 is 0 Å². The zero-order valence-electron chi connectivity index (χ0n) is 13.4. The highest BCUT2D eigenvalue weighted by atomic mass is 16.5. The largest absolute Gasteiger partial charge is 0.490 e. The van der Waals surface area contributed by atoms with E-state index in [1.54, 1.807) is 0 Å². The molecule has 1 unspecified atom stereocenters. The van der Waals surface area contributed by atoms with Crippen molar-refractivity contribution in [2.45, 2.75) is 39.8 Å². The van der Waals surface area contributed by atoms with Crippen molar-refractivity contribution in [3.8, 4) is 11.5 Å². The molecule has 0 saturated heterocycles. The minimum absolute atomic E-state index is 0.362. The van der Waals surface area contributed by atoms with E-state index < -0.39 is 0 Å². The Hall–Kier alpha value is -1.26. The number of hydrogen-bond donors (Lipinski definition) is 1. The summed E-state index contributed by atoms with van der Waals surface area (Å²) in [5.74, 6) is 2.25. The van der Waals surface area contributed by atoms with Crippen molar-refractivity contribution in [2.75, 3.05) is 26.4 Å². The predicted molar refractivity (Wildman–Crippen MR) is 84.0 cm³/mol. The molecule has 0 amide bonds. The molecule has 21 heavy (non-hydrogen) atoms. The van der Waals surface area contributed by atoms with Gasteiger partial charge in [-0.25, -0.2) is 0 Å². The van der Waals surface area contributed by atoms with Gasteiger partial charge in [-0.05, 0) is 30.5 Å². The van der Waals surface area contributed by atoms with Crippen LogP contribution in [0.3, 0.4) is 0 Å². The molecule has 1 aromatic carbocycles. The molecular formula is C17H27NO3. The van der Waals surface area contributed by atoms with Crippen molar-refractivity contribution < 1.29 is 14.2 Å². The third kappa shape index (κ3) is 4.90. The zero-order valence-corrected chi connectivity index (χ0v) is 13.4. The lowest BCUT2D eigenvalue weighted by atomic mass is 10.0. The fourth-order valence-corrected chi connectivity index (χ4v) is 2.30. The molecule has 118 valence electrons. The van der Waals surface area contributed by atoms with E-state index in [2.05, 4.69) is 31.3 Å². The van der Waals surface area contributed by atoms with Gasteiger partial charge in [0.15, 0.2) is 11.5 Å². The first kappa shape index (κ1) is 16.1. The average Bonchev–Trinajstić information content (AvgIpc) is 2.71. The molecule has 4 nitrogen and oxygen atoms in total. The van der Waals surface area contributed by atoms with E-state index >= 15 is 0 Å². The molecule has 1 aliphatic rings. The topological polar surface area (TPSA) is 39.7 Å². The number of nitrogens with one attached hydrogen (secondary N) is 1. The van der Waals surface area contributed by atoms with Crippen molar-refractivity contribution in [3.05, 3.63) is 23.8 Å². The number of benzene rings is 1. The maximum absolute atomic E-state index is 5.73. The Labute approximate surface area is 127 Å². The molecule has 1 aliphatic heterocycles. The van der Waals surface area contributed by atoms with Crippen LogP contribution in [0.1, 0.15) is 32.8 Å². The van der Waals surface area contributed by atoms with Gasteiger partial charge in [-0.2, -0.15) is 0 Å². The molecule has 0 radical (unpaired) electrons. The van der Waals surface area contributed by atoms with E-state index in [-0.39, 0.29) is 0 Å². The highest BCUT2D eigenvalue weighted by Crippen LogP contribution is 2.30. The van der Waals surface area contributed by atoms with Crippen molar-refractivity contribution in [1.82, 2.24) is 5.32 Å². The second kappa shape index (κ2) is 8.25. The molecule has 0 aliphatic carbocycles. The highest BCUT2D eigenvalue weighted by molar-refractivity contribution is 5.43. The third-order valence-corrected chi connectivity index (χ3v) is 3.69. The SMILES string of the molecule is CCOCC(NCc1ccc2c(c1)OCCCO2)C(C)C. The summed E-state index contributed by atoms with van der Waals surface area (Å²) in [6.45, 7) is 10.2. The maximum Gasteiger partial charge on any atom is 0.161 e. The molecule has 4 heteroatoms. The van der Waals surface area contributed by atoms with Gasteiger partial charge < -0.3 is 19.5 Å². The Bertz CT molecular complexity index is 434. The van der Waals surface area contributed by atoms with Gasteiger partial charge in [-0.1, -0.05) is 19.9 Å². The van der Waals surface area contributed by atoms with E-state index in [0.717, 1.165) is 50.9 Å². The second-order valence-corrected chi connectivity index (χ2v) is 5.72. The first-order chi connectivity index (χ1) is 10.2. The summed E-state index contributed by atoms with van der Waals surface area (Å²) in [6, 6.07) is 6.54. The fourth-order valence-electron chi connectivity index (χ4n) is 2.30. The van der Waals surface area contributed by atoms with Gasteiger partial charge in [0.05, 0.1) is 19.8 Å². The molecule has 0 fully saturated rings. The molecule has 0 spiro atoms. The van der Waals surface area contributed by atoms with E-state index in [4.69, 9.17) is 14.2 Å². The smallest absolute Gasteiger partial charge is 0.161 e. The van der Waals surface area contributed by atoms with Crippen LogP contribution in [0.25, 0.3) is 0 Å². The lowest BCUT2D eigenvalue weighted by molar-refractivity contribution is 0.108. The van der Waals surface area contributed by atoms with Crippen LogP contribution in [-0.4, -0.2) is 32.5 Å². The second-order valence-electron chi connectivity index (χ2n) is 5.72. The normalized spacial score (nSPS) is 15.8. The lowest BCUT2D eigenvalue weighted by Crippen LogP contribution is -2.37. The van der Waals surface area contributed by atoms with E-state index in [0.29, 0.717) is 12.0 Å². The van der Waals surface area contributed by atoms with Crippen LogP contribution in [-0.2, 0) is 11.3 Å². The average molecular weight is 293 g/mol. The standard InChI is InChI=1S/C17H27NO3/c1-4-19-12-15(13(2)3)18-11-14-6-7-16-17(10-14)21-9-5-8-20-16/h6-7,10,13,15,18H,4-5,8-9,11-12H2,1-3H3. The van der Waals surface area contributed by atoms with Crippen molar-refractivity contribution >= 4 is 0 Å². The number of fused-ring (bicyclic) bond motifs is 1. The minimum atomic E-state index is 0.362. The fraction of sp³-hybridized carbons (Fsp3) is 0.647. The Kier molecular flexibility index (Phi) is 6.33. The Morgan fingerprint density at radius 3 is 2.67 bits per heavy atom. The quantitative estimate of drug-likeness (QED) is 0.839. The number of rotatable bonds is 7. The Balaban J connectivity index is 1.94. The summed E-state index contributed by atoms with van der Waals surface area (Å²) in [4.78, 5) is 0. The molecule has 1 aromatic rings. The summed E-state index contributed by atoms with van der Waals surface area (Å²) in [5, 5.41) is 3.57. The van der Waals surface area contributed by atoms with Gasteiger partial charge in [-0.15, -0.1) is 0 Å². The summed E-state index contributed by atoms with van der Waals surface area (Å²) >= 11 is 0. The number of hydrogen-bond acceptors (Lipinski definition) is 4. The van der Waals surface area contributed by atoms with Crippen molar-refractivity contribution in [3.63, 3.8) is 0 Å². The highest BCUT2D eigenvalue weighted by Gasteiger charge is 2.14. The van der Waals surface area contributed by atoms with Crippen LogP contribution in [0.5, 0.6) is 11.5 Å². The zero-order chi connectivity index (χ0) is 15.1. The van der Waals surface area contributed by atoms with Gasteiger partial charge >= 0.3 is 0 Å². The molecule has 1 atom stereocenters. The van der Waals surface area contributed by atoms with Crippen LogP contribution in [0.2, 0.25) is 0 Å². The third-order valence-electron chi connectivity index (χ3n) is 3.69. The monoisotopic (exact) mass is 293 g/mol. The van der Waals surface area contributed by atoms with Crippen LogP contribution in [0, 0.1) is 5.92 Å². The van der Waals surface area contributed by atoms with Gasteiger partial charge in [0.1, 0.15) is 0 Å². The summed E-state index contributed by atoms with van der Waals surface area (Å²) in [6.07, 6.45) is 0.937. The first-order valence-electron chi connectivity index (χ1n) is 7.90. The summed E-state index contributed by atoms with van der Waals surface area (Å²) in [7, 11) is 0. The van der Waals surface area contributed by atoms with Gasteiger partial charge in [-0.3, -0.25) is 0 Å². The maximum atomic E-state index is 5.73. The van der Waals surface area contributed by atoms with E-state index in [9.17, 15) is 0 Å². The molecule has 1 heterocycles. The molecular weight excluding hydrogens is 266 g/mol. The van der Waals surface area contributed by atoms with E-state index in [1.165, 1.54) is 5.56 Å².